The van der Waals surface area contributed by atoms with E-state index < -0.39 is 6.10 Å². The molecule has 15 heavy (non-hydrogen) atoms. The zero-order valence-corrected chi connectivity index (χ0v) is 9.14. The molecule has 0 saturated carbocycles. The molecule has 0 radical (unpaired) electrons. The highest BCUT2D eigenvalue weighted by Gasteiger charge is 2.26. The van der Waals surface area contributed by atoms with Crippen molar-refractivity contribution < 1.29 is 5.11 Å². The normalized spacial score (nSPS) is 23.7. The number of allylic oxidation sites excluding steroid dienone is 2. The van der Waals surface area contributed by atoms with Crippen LogP contribution in [0.3, 0.4) is 0 Å². The van der Waals surface area contributed by atoms with Gasteiger partial charge in [-0.3, -0.25) is 0 Å². The van der Waals surface area contributed by atoms with Crippen LogP contribution in [-0.2, 0) is 0 Å². The van der Waals surface area contributed by atoms with Gasteiger partial charge in [0.2, 0.25) is 0 Å². The van der Waals surface area contributed by atoms with Crippen LogP contribution in [0, 0.1) is 5.41 Å². The molecule has 1 aliphatic rings. The lowest BCUT2D eigenvalue weighted by molar-refractivity contribution is 0.125. The average Bonchev–Trinajstić information content (AvgIpc) is 2.23. The monoisotopic (exact) mass is 200 g/mol. The van der Waals surface area contributed by atoms with Crippen molar-refractivity contribution in [3.05, 3.63) is 54.1 Å². The van der Waals surface area contributed by atoms with E-state index in [4.69, 9.17) is 0 Å². The predicted octanol–water partition coefficient (Wildman–Crippen LogP) is 3.03. The smallest absolute Gasteiger partial charge is 0.0815 e. The second-order valence-electron chi connectivity index (χ2n) is 4.59. The minimum Gasteiger partial charge on any atom is -0.388 e. The largest absolute Gasteiger partial charge is 0.388 e. The van der Waals surface area contributed by atoms with E-state index in [2.05, 4.69) is 24.3 Å². The molecule has 1 aromatic carbocycles. The van der Waals surface area contributed by atoms with E-state index in [1.807, 2.05) is 38.1 Å². The molecular weight excluding hydrogens is 184 g/mol. The first-order chi connectivity index (χ1) is 7.09. The van der Waals surface area contributed by atoms with E-state index in [1.54, 1.807) is 0 Å². The van der Waals surface area contributed by atoms with Crippen molar-refractivity contribution in [1.82, 2.24) is 0 Å². The summed E-state index contributed by atoms with van der Waals surface area (Å²) in [4.78, 5) is 0. The maximum absolute atomic E-state index is 9.94. The molecule has 0 saturated heterocycles. The highest BCUT2D eigenvalue weighted by Crippen LogP contribution is 2.32. The molecule has 1 N–H and O–H groups in total. The van der Waals surface area contributed by atoms with Gasteiger partial charge in [0, 0.05) is 5.41 Å². The average molecular weight is 200 g/mol. The minimum atomic E-state index is -0.405. The number of aliphatic hydroxyl groups excluding tert-OH is 1. The molecule has 2 rings (SSSR count). The van der Waals surface area contributed by atoms with Gasteiger partial charge in [-0.1, -0.05) is 56.3 Å². The lowest BCUT2D eigenvalue weighted by atomic mass is 9.80. The standard InChI is InChI=1S/C14H16O/c1-14(2)9-8-12(10-13(14)15)11-6-4-3-5-7-11/h3-10,13,15H,1-2H3. The Bertz CT molecular complexity index is 399. The van der Waals surface area contributed by atoms with E-state index in [0.717, 1.165) is 11.1 Å². The van der Waals surface area contributed by atoms with Crippen LogP contribution in [0.15, 0.2) is 48.6 Å². The van der Waals surface area contributed by atoms with Crippen LogP contribution in [0.1, 0.15) is 19.4 Å². The van der Waals surface area contributed by atoms with Gasteiger partial charge in [0.25, 0.3) is 0 Å². The number of aliphatic hydroxyl groups is 1. The third-order valence-corrected chi connectivity index (χ3v) is 2.90. The lowest BCUT2D eigenvalue weighted by Gasteiger charge is -2.28. The molecule has 1 aliphatic carbocycles. The summed E-state index contributed by atoms with van der Waals surface area (Å²) >= 11 is 0. The van der Waals surface area contributed by atoms with Crippen LogP contribution in [0.2, 0.25) is 0 Å². The zero-order valence-electron chi connectivity index (χ0n) is 9.14. The second-order valence-corrected chi connectivity index (χ2v) is 4.59. The molecule has 1 atom stereocenters. The first-order valence-electron chi connectivity index (χ1n) is 5.24. The first kappa shape index (κ1) is 10.2. The molecule has 0 spiro atoms. The van der Waals surface area contributed by atoms with Crippen molar-refractivity contribution in [2.75, 3.05) is 0 Å². The van der Waals surface area contributed by atoms with Gasteiger partial charge in [0.05, 0.1) is 6.10 Å². The van der Waals surface area contributed by atoms with Gasteiger partial charge in [0.1, 0.15) is 0 Å². The summed E-state index contributed by atoms with van der Waals surface area (Å²) in [6.07, 6.45) is 5.68. The van der Waals surface area contributed by atoms with E-state index in [1.165, 1.54) is 0 Å². The van der Waals surface area contributed by atoms with Crippen molar-refractivity contribution >= 4 is 5.57 Å². The fourth-order valence-corrected chi connectivity index (χ4v) is 1.67. The zero-order chi connectivity index (χ0) is 10.9. The Morgan fingerprint density at radius 2 is 1.80 bits per heavy atom. The fraction of sp³-hybridized carbons (Fsp3) is 0.286. The molecule has 0 amide bonds. The Morgan fingerprint density at radius 3 is 2.40 bits per heavy atom. The van der Waals surface area contributed by atoms with E-state index >= 15 is 0 Å². The summed E-state index contributed by atoms with van der Waals surface area (Å²) in [6.45, 7) is 4.07. The molecule has 0 bridgehead atoms. The quantitative estimate of drug-likeness (QED) is 0.738. The van der Waals surface area contributed by atoms with Crippen molar-refractivity contribution in [3.63, 3.8) is 0 Å². The highest BCUT2D eigenvalue weighted by atomic mass is 16.3. The third kappa shape index (κ3) is 2.02. The van der Waals surface area contributed by atoms with Crippen LogP contribution >= 0.6 is 0 Å². The van der Waals surface area contributed by atoms with Crippen LogP contribution < -0.4 is 0 Å². The molecule has 1 unspecified atom stereocenters. The van der Waals surface area contributed by atoms with Crippen molar-refractivity contribution in [3.8, 4) is 0 Å². The Kier molecular flexibility index (Phi) is 2.49. The maximum atomic E-state index is 9.94. The van der Waals surface area contributed by atoms with Gasteiger partial charge in [-0.05, 0) is 17.2 Å². The molecule has 1 nitrogen and oxygen atoms in total. The maximum Gasteiger partial charge on any atom is 0.0815 e. The Labute approximate surface area is 90.8 Å². The summed E-state index contributed by atoms with van der Waals surface area (Å²) in [5.41, 5.74) is 2.10. The predicted molar refractivity (Wildman–Crippen MR) is 63.3 cm³/mol. The molecular formula is C14H16O. The molecule has 0 heterocycles. The van der Waals surface area contributed by atoms with Gasteiger partial charge < -0.3 is 5.11 Å². The molecule has 1 aromatic rings. The topological polar surface area (TPSA) is 20.2 Å². The van der Waals surface area contributed by atoms with Gasteiger partial charge in [-0.2, -0.15) is 0 Å². The van der Waals surface area contributed by atoms with Gasteiger partial charge in [-0.25, -0.2) is 0 Å². The highest BCUT2D eigenvalue weighted by molar-refractivity contribution is 5.75. The minimum absolute atomic E-state index is 0.154. The van der Waals surface area contributed by atoms with Crippen molar-refractivity contribution in [1.29, 1.82) is 0 Å². The van der Waals surface area contributed by atoms with Crippen LogP contribution in [0.4, 0.5) is 0 Å². The number of hydrogen-bond acceptors (Lipinski definition) is 1. The summed E-state index contributed by atoms with van der Waals surface area (Å²) in [6, 6.07) is 10.1. The van der Waals surface area contributed by atoms with Gasteiger partial charge in [0.15, 0.2) is 0 Å². The summed E-state index contributed by atoms with van der Waals surface area (Å²) in [5.74, 6) is 0. The van der Waals surface area contributed by atoms with E-state index in [0.29, 0.717) is 0 Å². The van der Waals surface area contributed by atoms with E-state index in [-0.39, 0.29) is 5.41 Å². The fourth-order valence-electron chi connectivity index (χ4n) is 1.67. The van der Waals surface area contributed by atoms with Crippen molar-refractivity contribution in [2.24, 2.45) is 5.41 Å². The van der Waals surface area contributed by atoms with Gasteiger partial charge in [-0.15, -0.1) is 0 Å². The second kappa shape index (κ2) is 3.67. The molecule has 78 valence electrons. The van der Waals surface area contributed by atoms with Crippen LogP contribution in [0.5, 0.6) is 0 Å². The Hall–Kier alpha value is -1.34. The molecule has 0 aliphatic heterocycles. The molecule has 0 aromatic heterocycles. The van der Waals surface area contributed by atoms with Crippen LogP contribution in [0.25, 0.3) is 5.57 Å². The lowest BCUT2D eigenvalue weighted by Crippen LogP contribution is -2.27. The Balaban J connectivity index is 2.32. The number of benzene rings is 1. The third-order valence-electron chi connectivity index (χ3n) is 2.90. The SMILES string of the molecule is CC1(C)C=CC(c2ccccc2)=CC1O. The van der Waals surface area contributed by atoms with E-state index in [9.17, 15) is 5.11 Å². The summed E-state index contributed by atoms with van der Waals surface area (Å²) in [5, 5.41) is 9.94. The van der Waals surface area contributed by atoms with Gasteiger partial charge >= 0.3 is 0 Å². The summed E-state index contributed by atoms with van der Waals surface area (Å²) in [7, 11) is 0. The number of hydrogen-bond donors (Lipinski definition) is 1. The van der Waals surface area contributed by atoms with Crippen molar-refractivity contribution in [2.45, 2.75) is 20.0 Å². The summed E-state index contributed by atoms with van der Waals surface area (Å²) < 4.78 is 0. The number of rotatable bonds is 1. The first-order valence-corrected chi connectivity index (χ1v) is 5.24. The molecule has 1 heteroatoms. The Morgan fingerprint density at radius 1 is 1.13 bits per heavy atom. The van der Waals surface area contributed by atoms with Crippen LogP contribution in [-0.4, -0.2) is 11.2 Å². The molecule has 0 fully saturated rings.